The molecule has 0 aliphatic carbocycles. The molecular weight excluding hydrogens is 242 g/mol. The first-order valence-corrected chi connectivity index (χ1v) is 6.92. The lowest BCUT2D eigenvalue weighted by Gasteiger charge is -2.38. The van der Waals surface area contributed by atoms with Crippen LogP contribution in [0.1, 0.15) is 37.4 Å². The van der Waals surface area contributed by atoms with Gasteiger partial charge in [0.05, 0.1) is 11.1 Å². The molecule has 2 rings (SSSR count). The number of piperidine rings is 1. The van der Waals surface area contributed by atoms with Gasteiger partial charge in [-0.3, -0.25) is 14.4 Å². The van der Waals surface area contributed by atoms with Crippen LogP contribution < -0.4 is 0 Å². The topological polar surface area (TPSA) is 58.4 Å². The summed E-state index contributed by atoms with van der Waals surface area (Å²) in [5.74, 6) is -0.632. The van der Waals surface area contributed by atoms with Gasteiger partial charge in [-0.15, -0.1) is 0 Å². The van der Waals surface area contributed by atoms with Gasteiger partial charge in [0.15, 0.2) is 0 Å². The molecule has 1 saturated heterocycles. The van der Waals surface area contributed by atoms with E-state index < -0.39 is 11.4 Å². The van der Waals surface area contributed by atoms with E-state index in [4.69, 9.17) is 0 Å². The zero-order chi connectivity index (χ0) is 14.0. The van der Waals surface area contributed by atoms with Crippen LogP contribution in [0.5, 0.6) is 0 Å². The molecular formula is C14H23N3O2. The lowest BCUT2D eigenvalue weighted by atomic mass is 9.76. The first-order valence-electron chi connectivity index (χ1n) is 6.92. The number of aromatic nitrogens is 2. The SMILES string of the molecule is CCC1(C(=O)O)CCN(Cc2cn(C)nc2C)CC1. The molecule has 5 heteroatoms. The second-order valence-electron chi connectivity index (χ2n) is 5.63. The molecule has 1 aromatic heterocycles. The molecule has 0 bridgehead atoms. The van der Waals surface area contributed by atoms with Crippen LogP contribution >= 0.6 is 0 Å². The minimum atomic E-state index is -0.632. The summed E-state index contributed by atoms with van der Waals surface area (Å²) >= 11 is 0. The third kappa shape index (κ3) is 2.81. The Morgan fingerprint density at radius 2 is 2.11 bits per heavy atom. The van der Waals surface area contributed by atoms with Crippen LogP contribution in [-0.2, 0) is 18.4 Å². The van der Waals surface area contributed by atoms with E-state index in [2.05, 4.69) is 10.00 Å². The van der Waals surface area contributed by atoms with Crippen LogP contribution in [0.2, 0.25) is 0 Å². The molecule has 19 heavy (non-hydrogen) atoms. The second-order valence-corrected chi connectivity index (χ2v) is 5.63. The molecule has 2 heterocycles. The van der Waals surface area contributed by atoms with E-state index >= 15 is 0 Å². The van der Waals surface area contributed by atoms with Gasteiger partial charge in [0.25, 0.3) is 0 Å². The molecule has 1 fully saturated rings. The van der Waals surface area contributed by atoms with Crippen LogP contribution in [0, 0.1) is 12.3 Å². The molecule has 1 aromatic rings. The zero-order valence-corrected chi connectivity index (χ0v) is 12.0. The van der Waals surface area contributed by atoms with Gasteiger partial charge in [-0.2, -0.15) is 5.10 Å². The third-order valence-electron chi connectivity index (χ3n) is 4.45. The van der Waals surface area contributed by atoms with Gasteiger partial charge in [0, 0.05) is 25.4 Å². The van der Waals surface area contributed by atoms with Crippen molar-refractivity contribution in [1.29, 1.82) is 0 Å². The van der Waals surface area contributed by atoms with E-state index in [0.29, 0.717) is 0 Å². The largest absolute Gasteiger partial charge is 0.481 e. The van der Waals surface area contributed by atoms with Gasteiger partial charge >= 0.3 is 5.97 Å². The average Bonchev–Trinajstić information content (AvgIpc) is 2.69. The Labute approximate surface area is 114 Å². The van der Waals surface area contributed by atoms with E-state index in [0.717, 1.165) is 44.6 Å². The number of carbonyl (C=O) groups is 1. The van der Waals surface area contributed by atoms with Gasteiger partial charge in [0.1, 0.15) is 0 Å². The highest BCUT2D eigenvalue weighted by Gasteiger charge is 2.39. The van der Waals surface area contributed by atoms with Crippen LogP contribution in [0.4, 0.5) is 0 Å². The number of likely N-dealkylation sites (tertiary alicyclic amines) is 1. The van der Waals surface area contributed by atoms with Gasteiger partial charge in [-0.1, -0.05) is 6.92 Å². The van der Waals surface area contributed by atoms with Crippen LogP contribution in [0.25, 0.3) is 0 Å². The van der Waals surface area contributed by atoms with E-state index in [1.165, 1.54) is 5.56 Å². The standard InChI is InChI=1S/C14H23N3O2/c1-4-14(13(18)19)5-7-17(8-6-14)10-12-9-16(3)15-11(12)2/h9H,4-8,10H2,1-3H3,(H,18,19). The summed E-state index contributed by atoms with van der Waals surface area (Å²) < 4.78 is 1.84. The number of carboxylic acids is 1. The number of nitrogens with zero attached hydrogens (tertiary/aromatic N) is 3. The highest BCUT2D eigenvalue weighted by Crippen LogP contribution is 2.35. The molecule has 0 saturated carbocycles. The molecule has 1 aliphatic rings. The number of aryl methyl sites for hydroxylation is 2. The lowest BCUT2D eigenvalue weighted by molar-refractivity contribution is -0.152. The highest BCUT2D eigenvalue weighted by atomic mass is 16.4. The van der Waals surface area contributed by atoms with Crippen molar-refractivity contribution in [1.82, 2.24) is 14.7 Å². The molecule has 106 valence electrons. The molecule has 0 radical (unpaired) electrons. The number of hydrogen-bond acceptors (Lipinski definition) is 3. The first kappa shape index (κ1) is 14.1. The van der Waals surface area contributed by atoms with E-state index in [9.17, 15) is 9.90 Å². The Bertz CT molecular complexity index is 459. The Morgan fingerprint density at radius 1 is 1.47 bits per heavy atom. The van der Waals surface area contributed by atoms with Crippen molar-refractivity contribution >= 4 is 5.97 Å². The van der Waals surface area contributed by atoms with Gasteiger partial charge in [0.2, 0.25) is 0 Å². The van der Waals surface area contributed by atoms with Crippen molar-refractivity contribution in [2.45, 2.75) is 39.7 Å². The normalized spacial score (nSPS) is 19.5. The van der Waals surface area contributed by atoms with E-state index in [-0.39, 0.29) is 0 Å². The Hall–Kier alpha value is -1.36. The van der Waals surface area contributed by atoms with Crippen LogP contribution in [0.3, 0.4) is 0 Å². The van der Waals surface area contributed by atoms with Crippen molar-refractivity contribution in [2.75, 3.05) is 13.1 Å². The molecule has 1 N–H and O–H groups in total. The van der Waals surface area contributed by atoms with Crippen LogP contribution in [-0.4, -0.2) is 38.8 Å². The molecule has 5 nitrogen and oxygen atoms in total. The van der Waals surface area contributed by atoms with Crippen molar-refractivity contribution in [3.8, 4) is 0 Å². The lowest BCUT2D eigenvalue weighted by Crippen LogP contribution is -2.43. The summed E-state index contributed by atoms with van der Waals surface area (Å²) in [6, 6.07) is 0. The summed E-state index contributed by atoms with van der Waals surface area (Å²) in [6.45, 7) is 6.59. The fraction of sp³-hybridized carbons (Fsp3) is 0.714. The quantitative estimate of drug-likeness (QED) is 0.902. The smallest absolute Gasteiger partial charge is 0.309 e. The summed E-state index contributed by atoms with van der Waals surface area (Å²) in [5.41, 5.74) is 1.80. The maximum Gasteiger partial charge on any atom is 0.309 e. The average molecular weight is 265 g/mol. The molecule has 0 spiro atoms. The summed E-state index contributed by atoms with van der Waals surface area (Å²) in [5, 5.41) is 13.7. The minimum Gasteiger partial charge on any atom is -0.481 e. The van der Waals surface area contributed by atoms with E-state index in [1.54, 1.807) is 0 Å². The molecule has 0 aromatic carbocycles. The summed E-state index contributed by atoms with van der Waals surface area (Å²) in [4.78, 5) is 13.7. The Morgan fingerprint density at radius 3 is 2.53 bits per heavy atom. The van der Waals surface area contributed by atoms with Crippen LogP contribution in [0.15, 0.2) is 6.20 Å². The summed E-state index contributed by atoms with van der Waals surface area (Å²) in [7, 11) is 1.93. The van der Waals surface area contributed by atoms with Crippen molar-refractivity contribution in [3.63, 3.8) is 0 Å². The number of hydrogen-bond donors (Lipinski definition) is 1. The minimum absolute atomic E-state index is 0.500. The second kappa shape index (κ2) is 5.33. The maximum absolute atomic E-state index is 11.4. The van der Waals surface area contributed by atoms with Gasteiger partial charge in [-0.05, 0) is 39.3 Å². The zero-order valence-electron chi connectivity index (χ0n) is 12.0. The number of aliphatic carboxylic acids is 1. The molecule has 1 aliphatic heterocycles. The molecule has 0 amide bonds. The van der Waals surface area contributed by atoms with Gasteiger partial charge in [-0.25, -0.2) is 0 Å². The Kier molecular flexibility index (Phi) is 3.94. The maximum atomic E-state index is 11.4. The molecule has 0 unspecified atom stereocenters. The van der Waals surface area contributed by atoms with Crippen molar-refractivity contribution < 1.29 is 9.90 Å². The third-order valence-corrected chi connectivity index (χ3v) is 4.45. The predicted octanol–water partition coefficient (Wildman–Crippen LogP) is 1.81. The molecule has 0 atom stereocenters. The van der Waals surface area contributed by atoms with Crippen molar-refractivity contribution in [2.24, 2.45) is 12.5 Å². The van der Waals surface area contributed by atoms with Crippen molar-refractivity contribution in [3.05, 3.63) is 17.5 Å². The summed E-state index contributed by atoms with van der Waals surface area (Å²) in [6.07, 6.45) is 4.27. The van der Waals surface area contributed by atoms with Gasteiger partial charge < -0.3 is 5.11 Å². The van der Waals surface area contributed by atoms with E-state index in [1.807, 2.05) is 31.8 Å². The fourth-order valence-corrected chi connectivity index (χ4v) is 2.90. The monoisotopic (exact) mass is 265 g/mol. The highest BCUT2D eigenvalue weighted by molar-refractivity contribution is 5.74. The predicted molar refractivity (Wildman–Crippen MR) is 72.8 cm³/mol. The first-order chi connectivity index (χ1) is 8.97. The number of carboxylic acid groups (broad SMARTS) is 1. The number of rotatable bonds is 4. The fourth-order valence-electron chi connectivity index (χ4n) is 2.90. The Balaban J connectivity index is 1.97.